The average Bonchev–Trinajstić information content (AvgIpc) is 3.40. The number of carbonyl (C=O) groups excluding carboxylic acids is 1. The highest BCUT2D eigenvalue weighted by Crippen LogP contribution is 2.27. The smallest absolute Gasteiger partial charge is 0.266 e. The predicted octanol–water partition coefficient (Wildman–Crippen LogP) is 3.81. The lowest BCUT2D eigenvalue weighted by molar-refractivity contribution is -0.121. The first-order chi connectivity index (χ1) is 15.8. The first-order valence-corrected chi connectivity index (χ1v) is 13.2. The predicted molar refractivity (Wildman–Crippen MR) is 125 cm³/mol. The fraction of sp³-hybridized carbons (Fsp3) is 0.364. The van der Waals surface area contributed by atoms with Gasteiger partial charge in [0.25, 0.3) is 5.91 Å². The van der Waals surface area contributed by atoms with E-state index in [0.717, 1.165) is 22.3 Å². The molecule has 3 aromatic rings. The molecule has 0 saturated carbocycles. The Morgan fingerprint density at radius 3 is 2.76 bits per heavy atom. The van der Waals surface area contributed by atoms with Gasteiger partial charge in [-0.1, -0.05) is 22.9 Å². The van der Waals surface area contributed by atoms with Crippen LogP contribution in [0.2, 0.25) is 5.02 Å². The third-order valence-electron chi connectivity index (χ3n) is 5.42. The fourth-order valence-corrected chi connectivity index (χ4v) is 6.82. The summed E-state index contributed by atoms with van der Waals surface area (Å²) in [4.78, 5) is 17.9. The third-order valence-corrected chi connectivity index (χ3v) is 8.62. The highest BCUT2D eigenvalue weighted by molar-refractivity contribution is 7.89. The first-order valence-electron chi connectivity index (χ1n) is 10.5. The average molecular weight is 512 g/mol. The van der Waals surface area contributed by atoms with E-state index in [1.807, 2.05) is 23.6 Å². The van der Waals surface area contributed by atoms with Gasteiger partial charge in [0.2, 0.25) is 10.0 Å². The highest BCUT2D eigenvalue weighted by Gasteiger charge is 2.39. The summed E-state index contributed by atoms with van der Waals surface area (Å²) in [5.74, 6) is -1.06. The number of fused-ring (bicyclic) bond motifs is 1. The summed E-state index contributed by atoms with van der Waals surface area (Å²) in [5.41, 5.74) is 0.873. The summed E-state index contributed by atoms with van der Waals surface area (Å²) in [6.07, 6.45) is 0.914. The largest absolute Gasteiger partial charge is 0.380 e. The number of hydrogen-bond acceptors (Lipinski definition) is 5. The van der Waals surface area contributed by atoms with Crippen LogP contribution in [0.3, 0.4) is 0 Å². The van der Waals surface area contributed by atoms with Crippen molar-refractivity contribution in [1.29, 1.82) is 0 Å². The second kappa shape index (κ2) is 10.0. The summed E-state index contributed by atoms with van der Waals surface area (Å²) in [7, 11) is -3.95. The topological polar surface area (TPSA) is 81.0 Å². The molecule has 0 spiro atoms. The van der Waals surface area contributed by atoms with E-state index in [9.17, 15) is 17.6 Å². The van der Waals surface area contributed by atoms with Gasteiger partial charge < -0.3 is 9.30 Å². The molecule has 0 bridgehead atoms. The molecule has 4 rings (SSSR count). The molecule has 1 unspecified atom stereocenters. The van der Waals surface area contributed by atoms with Gasteiger partial charge in [-0.2, -0.15) is 9.30 Å². The monoisotopic (exact) mass is 511 g/mol. The maximum Gasteiger partial charge on any atom is 0.266 e. The van der Waals surface area contributed by atoms with Gasteiger partial charge in [-0.3, -0.25) is 4.79 Å². The van der Waals surface area contributed by atoms with E-state index in [1.54, 1.807) is 6.07 Å². The van der Waals surface area contributed by atoms with Gasteiger partial charge in [0, 0.05) is 24.7 Å². The normalized spacial score (nSPS) is 17.8. The van der Waals surface area contributed by atoms with Gasteiger partial charge in [-0.15, -0.1) is 0 Å². The van der Waals surface area contributed by atoms with E-state index in [-0.39, 0.29) is 11.4 Å². The Labute approximate surface area is 200 Å². The van der Waals surface area contributed by atoms with Crippen molar-refractivity contribution < 1.29 is 22.3 Å². The lowest BCUT2D eigenvalue weighted by atomic mass is 10.2. The molecule has 1 atom stereocenters. The number of halogens is 2. The van der Waals surface area contributed by atoms with Crippen molar-refractivity contribution in [3.05, 3.63) is 58.1 Å². The molecule has 1 fully saturated rings. The van der Waals surface area contributed by atoms with Crippen LogP contribution in [0.25, 0.3) is 10.2 Å². The van der Waals surface area contributed by atoms with Crippen LogP contribution in [0, 0.1) is 5.82 Å². The molecule has 2 aromatic carbocycles. The zero-order chi connectivity index (χ0) is 23.6. The lowest BCUT2D eigenvalue weighted by Gasteiger charge is -2.21. The van der Waals surface area contributed by atoms with E-state index >= 15 is 0 Å². The van der Waals surface area contributed by atoms with Crippen LogP contribution in [0.15, 0.2) is 52.4 Å². The molecule has 0 N–H and O–H groups in total. The number of benzene rings is 2. The van der Waals surface area contributed by atoms with Crippen molar-refractivity contribution in [3.8, 4) is 0 Å². The number of amides is 1. The summed E-state index contributed by atoms with van der Waals surface area (Å²) in [5, 5.41) is 0.575. The van der Waals surface area contributed by atoms with E-state index in [4.69, 9.17) is 16.3 Å². The summed E-state index contributed by atoms with van der Waals surface area (Å²) in [6, 6.07) is 9.13. The zero-order valence-electron chi connectivity index (χ0n) is 17.9. The van der Waals surface area contributed by atoms with E-state index < -0.39 is 27.8 Å². The Hall–Kier alpha value is -2.11. The van der Waals surface area contributed by atoms with Crippen molar-refractivity contribution in [2.24, 2.45) is 4.99 Å². The molecule has 11 heteroatoms. The van der Waals surface area contributed by atoms with E-state index in [2.05, 4.69) is 4.99 Å². The number of sulfonamides is 1. The molecule has 1 aliphatic heterocycles. The number of carbonyl (C=O) groups is 1. The minimum atomic E-state index is -3.95. The molecule has 1 saturated heterocycles. The van der Waals surface area contributed by atoms with Crippen molar-refractivity contribution in [2.45, 2.75) is 37.2 Å². The third kappa shape index (κ3) is 5.04. The van der Waals surface area contributed by atoms with Gasteiger partial charge in [-0.05, 0) is 62.2 Å². The Kier molecular flexibility index (Phi) is 7.30. The Morgan fingerprint density at radius 2 is 2.03 bits per heavy atom. The second-order valence-corrected chi connectivity index (χ2v) is 10.9. The van der Waals surface area contributed by atoms with Gasteiger partial charge in [0.05, 0.1) is 21.7 Å². The molecule has 7 nitrogen and oxygen atoms in total. The first kappa shape index (κ1) is 24.0. The number of ether oxygens (including phenoxy) is 1. The number of nitrogens with zero attached hydrogens (tertiary/aromatic N) is 3. The van der Waals surface area contributed by atoms with Crippen LogP contribution in [0.4, 0.5) is 4.39 Å². The fourth-order valence-electron chi connectivity index (χ4n) is 3.83. The highest BCUT2D eigenvalue weighted by atomic mass is 35.5. The number of rotatable bonds is 7. The Morgan fingerprint density at radius 1 is 1.27 bits per heavy atom. The molecule has 1 aromatic heterocycles. The molecular weight excluding hydrogens is 489 g/mol. The number of aromatic nitrogens is 1. The second-order valence-electron chi connectivity index (χ2n) is 7.52. The van der Waals surface area contributed by atoms with Crippen molar-refractivity contribution in [1.82, 2.24) is 8.87 Å². The minimum Gasteiger partial charge on any atom is -0.380 e. The minimum absolute atomic E-state index is 0.0492. The van der Waals surface area contributed by atoms with Gasteiger partial charge in [0.1, 0.15) is 11.9 Å². The van der Waals surface area contributed by atoms with Crippen LogP contribution in [-0.2, 0) is 26.1 Å². The van der Waals surface area contributed by atoms with Crippen LogP contribution in [0.5, 0.6) is 0 Å². The van der Waals surface area contributed by atoms with E-state index in [0.29, 0.717) is 42.4 Å². The molecule has 1 aliphatic rings. The maximum atomic E-state index is 13.3. The molecule has 176 valence electrons. The molecule has 0 radical (unpaired) electrons. The standard InChI is InChI=1S/C22H23ClFN3O4S2/c1-2-31-13-12-26-18-10-5-15(23)14-20(18)32-22(26)25-21(28)19-4-3-11-27(19)33(29,30)17-8-6-16(24)7-9-17/h5-10,14,19H,2-4,11-13H2,1H3. The zero-order valence-corrected chi connectivity index (χ0v) is 20.3. The Bertz CT molecular complexity index is 1340. The number of thiazole rings is 1. The summed E-state index contributed by atoms with van der Waals surface area (Å²) < 4.78 is 48.9. The SMILES string of the molecule is CCOCCn1c(=NC(=O)C2CCCN2S(=O)(=O)c2ccc(F)cc2)sc2cc(Cl)ccc21. The van der Waals surface area contributed by atoms with Gasteiger partial charge in [-0.25, -0.2) is 12.8 Å². The molecular formula is C22H23ClFN3O4S2. The summed E-state index contributed by atoms with van der Waals surface area (Å²) >= 11 is 7.45. The molecule has 33 heavy (non-hydrogen) atoms. The maximum absolute atomic E-state index is 13.3. The van der Waals surface area contributed by atoms with Crippen LogP contribution in [0.1, 0.15) is 19.8 Å². The molecule has 1 amide bonds. The van der Waals surface area contributed by atoms with Crippen LogP contribution in [-0.4, -0.2) is 49.0 Å². The quantitative estimate of drug-likeness (QED) is 0.452. The van der Waals surface area contributed by atoms with Gasteiger partial charge >= 0.3 is 0 Å². The van der Waals surface area contributed by atoms with Crippen LogP contribution < -0.4 is 4.80 Å². The van der Waals surface area contributed by atoms with Crippen molar-refractivity contribution >= 4 is 49.1 Å². The Balaban J connectivity index is 1.69. The van der Waals surface area contributed by atoms with Crippen LogP contribution >= 0.6 is 22.9 Å². The summed E-state index contributed by atoms with van der Waals surface area (Å²) in [6.45, 7) is 3.61. The van der Waals surface area contributed by atoms with Crippen molar-refractivity contribution in [2.75, 3.05) is 19.8 Å². The van der Waals surface area contributed by atoms with E-state index in [1.165, 1.54) is 27.8 Å². The molecule has 2 heterocycles. The van der Waals surface area contributed by atoms with Crippen molar-refractivity contribution in [3.63, 3.8) is 0 Å². The van der Waals surface area contributed by atoms with Gasteiger partial charge in [0.15, 0.2) is 4.80 Å². The number of hydrogen-bond donors (Lipinski definition) is 0. The molecule has 0 aliphatic carbocycles. The lowest BCUT2D eigenvalue weighted by Crippen LogP contribution is -2.40.